The van der Waals surface area contributed by atoms with Crippen molar-refractivity contribution >= 4 is 34.0 Å². The minimum atomic E-state index is -3.11. The average molecular weight is 521 g/mol. The van der Waals surface area contributed by atoms with Crippen molar-refractivity contribution < 1.29 is 27.5 Å². The van der Waals surface area contributed by atoms with Gasteiger partial charge in [-0.15, -0.1) is 10.2 Å². The number of anilines is 2. The van der Waals surface area contributed by atoms with Crippen LogP contribution in [0.5, 0.6) is 5.75 Å². The van der Waals surface area contributed by atoms with Crippen LogP contribution in [0.4, 0.5) is 24.0 Å². The van der Waals surface area contributed by atoms with Crippen LogP contribution >= 0.6 is 11.3 Å². The predicted molar refractivity (Wildman–Crippen MR) is 129 cm³/mol. The molecule has 0 bridgehead atoms. The van der Waals surface area contributed by atoms with Crippen LogP contribution in [0.25, 0.3) is 10.6 Å². The van der Waals surface area contributed by atoms with Gasteiger partial charge < -0.3 is 15.0 Å². The highest BCUT2D eigenvalue weighted by molar-refractivity contribution is 7.18. The molecule has 0 atom stereocenters. The molecule has 2 aromatic carbocycles. The molecule has 2 N–H and O–H groups in total. The van der Waals surface area contributed by atoms with Gasteiger partial charge in [-0.25, -0.2) is 4.39 Å². The summed E-state index contributed by atoms with van der Waals surface area (Å²) in [6, 6.07) is 9.73. The van der Waals surface area contributed by atoms with Gasteiger partial charge in [0.15, 0.2) is 5.01 Å². The van der Waals surface area contributed by atoms with E-state index in [9.17, 15) is 22.8 Å². The molecule has 4 rings (SSSR count). The first-order valence-electron chi connectivity index (χ1n) is 11.0. The zero-order valence-electron chi connectivity index (χ0n) is 19.2. The zero-order valence-corrected chi connectivity index (χ0v) is 20.0. The minimum Gasteiger partial charge on any atom is -0.433 e. The first kappa shape index (κ1) is 25.5. The Morgan fingerprint density at radius 3 is 2.56 bits per heavy atom. The summed E-state index contributed by atoms with van der Waals surface area (Å²) in [4.78, 5) is 29.5. The smallest absolute Gasteiger partial charge is 0.387 e. The van der Waals surface area contributed by atoms with Crippen molar-refractivity contribution in [1.29, 1.82) is 0 Å². The van der Waals surface area contributed by atoms with E-state index in [0.29, 0.717) is 13.1 Å². The van der Waals surface area contributed by atoms with Gasteiger partial charge in [0, 0.05) is 37.3 Å². The van der Waals surface area contributed by atoms with E-state index >= 15 is 0 Å². The van der Waals surface area contributed by atoms with E-state index in [2.05, 4.69) is 30.5 Å². The van der Waals surface area contributed by atoms with Gasteiger partial charge in [-0.05, 0) is 37.4 Å². The number of piperazine rings is 1. The van der Waals surface area contributed by atoms with E-state index < -0.39 is 24.2 Å². The number of alkyl halides is 2. The summed E-state index contributed by atoms with van der Waals surface area (Å²) in [5.41, 5.74) is 0.245. The Balaban J connectivity index is 1.47. The minimum absolute atomic E-state index is 0.0635. The lowest BCUT2D eigenvalue weighted by Gasteiger charge is -2.31. The fourth-order valence-electron chi connectivity index (χ4n) is 3.55. The fourth-order valence-corrected chi connectivity index (χ4v) is 4.32. The summed E-state index contributed by atoms with van der Waals surface area (Å²) >= 11 is 0.972. The van der Waals surface area contributed by atoms with Gasteiger partial charge >= 0.3 is 6.61 Å². The molecule has 0 unspecified atom stereocenters. The molecule has 0 aliphatic carbocycles. The lowest BCUT2D eigenvalue weighted by atomic mass is 10.1. The summed E-state index contributed by atoms with van der Waals surface area (Å²) in [5.74, 6) is -1.79. The van der Waals surface area contributed by atoms with E-state index in [4.69, 9.17) is 0 Å². The van der Waals surface area contributed by atoms with Crippen molar-refractivity contribution in [3.63, 3.8) is 0 Å². The van der Waals surface area contributed by atoms with Crippen molar-refractivity contribution in [3.8, 4) is 16.3 Å². The molecule has 3 aromatic rings. The van der Waals surface area contributed by atoms with Crippen LogP contribution in [0, 0.1) is 5.82 Å². The number of nitrogens with one attached hydrogen (secondary N) is 2. The van der Waals surface area contributed by atoms with Crippen LogP contribution in [-0.2, 0) is 4.79 Å². The molecule has 2 amide bonds. The number of rotatable bonds is 8. The molecular weight excluding hydrogens is 497 g/mol. The largest absolute Gasteiger partial charge is 0.433 e. The summed E-state index contributed by atoms with van der Waals surface area (Å²) in [6.07, 6.45) is 0. The molecule has 36 heavy (non-hydrogen) atoms. The molecule has 0 spiro atoms. The van der Waals surface area contributed by atoms with Gasteiger partial charge in [0.05, 0.1) is 12.2 Å². The molecule has 1 saturated heterocycles. The van der Waals surface area contributed by atoms with Crippen molar-refractivity contribution in [3.05, 3.63) is 53.8 Å². The summed E-state index contributed by atoms with van der Waals surface area (Å²) in [7, 11) is 1.99. The maximum Gasteiger partial charge on any atom is 0.387 e. The monoisotopic (exact) mass is 520 g/mol. The SMILES string of the molecule is CN1CCN(CC(=O)Nc2cc(C(=O)Nc3nnc(-c4ccccc4F)s3)ccc2OC(F)F)CC1. The standard InChI is InChI=1S/C23H23F3N6O3S/c1-31-8-10-32(11-9-31)13-19(33)27-17-12-14(6-7-18(17)35-22(25)26)20(34)28-23-30-29-21(36-23)15-4-2-3-5-16(15)24/h2-7,12,22H,8-11,13H2,1H3,(H,27,33)(H,28,30,34). The molecule has 190 valence electrons. The molecule has 1 aliphatic rings. The quantitative estimate of drug-likeness (QED) is 0.470. The maximum atomic E-state index is 14.0. The molecule has 13 heteroatoms. The highest BCUT2D eigenvalue weighted by atomic mass is 32.1. The number of benzene rings is 2. The third-order valence-corrected chi connectivity index (χ3v) is 6.32. The number of hydrogen-bond donors (Lipinski definition) is 2. The normalized spacial score (nSPS) is 14.6. The topological polar surface area (TPSA) is 99.7 Å². The third kappa shape index (κ3) is 6.56. The lowest BCUT2D eigenvalue weighted by molar-refractivity contribution is -0.117. The van der Waals surface area contributed by atoms with Crippen LogP contribution in [-0.4, -0.2) is 78.2 Å². The molecule has 0 saturated carbocycles. The van der Waals surface area contributed by atoms with E-state index in [1.54, 1.807) is 18.2 Å². The molecule has 2 heterocycles. The summed E-state index contributed by atoms with van der Waals surface area (Å²) in [6.45, 7) is -0.0226. The predicted octanol–water partition coefficient (Wildman–Crippen LogP) is 3.38. The van der Waals surface area contributed by atoms with Gasteiger partial charge in [-0.2, -0.15) is 8.78 Å². The maximum absolute atomic E-state index is 14.0. The summed E-state index contributed by atoms with van der Waals surface area (Å²) in [5, 5.41) is 13.3. The highest BCUT2D eigenvalue weighted by Crippen LogP contribution is 2.30. The van der Waals surface area contributed by atoms with E-state index in [-0.39, 0.29) is 39.2 Å². The van der Waals surface area contributed by atoms with Gasteiger partial charge in [0.1, 0.15) is 11.6 Å². The van der Waals surface area contributed by atoms with Gasteiger partial charge in [-0.3, -0.25) is 19.8 Å². The number of halogens is 3. The summed E-state index contributed by atoms with van der Waals surface area (Å²) < 4.78 is 44.3. The fraction of sp³-hybridized carbons (Fsp3) is 0.304. The van der Waals surface area contributed by atoms with E-state index in [0.717, 1.165) is 24.4 Å². The average Bonchev–Trinajstić information content (AvgIpc) is 3.29. The number of likely N-dealkylation sites (N-methyl/N-ethyl adjacent to an activating group) is 1. The molecule has 1 fully saturated rings. The number of aromatic nitrogens is 2. The number of ether oxygens (including phenoxy) is 1. The van der Waals surface area contributed by atoms with Crippen LogP contribution in [0.2, 0.25) is 0 Å². The third-order valence-electron chi connectivity index (χ3n) is 5.44. The van der Waals surface area contributed by atoms with Crippen molar-refractivity contribution in [2.75, 3.05) is 50.4 Å². The second-order valence-electron chi connectivity index (χ2n) is 8.06. The van der Waals surface area contributed by atoms with E-state index in [1.165, 1.54) is 24.3 Å². The highest BCUT2D eigenvalue weighted by Gasteiger charge is 2.20. The Morgan fingerprint density at radius 2 is 1.83 bits per heavy atom. The second kappa shape index (κ2) is 11.5. The molecule has 0 radical (unpaired) electrons. The molecule has 1 aromatic heterocycles. The second-order valence-corrected chi connectivity index (χ2v) is 9.04. The molecule has 9 nitrogen and oxygen atoms in total. The lowest BCUT2D eigenvalue weighted by Crippen LogP contribution is -2.47. The van der Waals surface area contributed by atoms with Crippen LogP contribution in [0.15, 0.2) is 42.5 Å². The Labute approximate surface area is 208 Å². The van der Waals surface area contributed by atoms with Crippen molar-refractivity contribution in [2.45, 2.75) is 6.61 Å². The van der Waals surface area contributed by atoms with Gasteiger partial charge in [-0.1, -0.05) is 23.5 Å². The number of nitrogens with zero attached hydrogens (tertiary/aromatic N) is 4. The van der Waals surface area contributed by atoms with Crippen LogP contribution < -0.4 is 15.4 Å². The van der Waals surface area contributed by atoms with Gasteiger partial charge in [0.25, 0.3) is 5.91 Å². The first-order chi connectivity index (χ1) is 17.3. The first-order valence-corrected chi connectivity index (χ1v) is 11.8. The van der Waals surface area contributed by atoms with E-state index in [1.807, 2.05) is 11.9 Å². The Bertz CT molecular complexity index is 1230. The zero-order chi connectivity index (χ0) is 25.7. The molecular formula is C23H23F3N6O3S. The van der Waals surface area contributed by atoms with Gasteiger partial charge in [0.2, 0.25) is 11.0 Å². The van der Waals surface area contributed by atoms with Crippen LogP contribution in [0.3, 0.4) is 0 Å². The number of carbonyl (C=O) groups is 2. The molecule has 1 aliphatic heterocycles. The Kier molecular flexibility index (Phi) is 8.13. The Morgan fingerprint density at radius 1 is 1.08 bits per heavy atom. The number of hydrogen-bond acceptors (Lipinski definition) is 8. The Hall–Kier alpha value is -3.55. The van der Waals surface area contributed by atoms with Crippen molar-refractivity contribution in [2.24, 2.45) is 0 Å². The number of amides is 2. The van der Waals surface area contributed by atoms with Crippen molar-refractivity contribution in [1.82, 2.24) is 20.0 Å². The number of carbonyl (C=O) groups excluding carboxylic acids is 2. The van der Waals surface area contributed by atoms with Crippen LogP contribution in [0.1, 0.15) is 10.4 Å².